The van der Waals surface area contributed by atoms with Gasteiger partial charge >= 0.3 is 0 Å². The van der Waals surface area contributed by atoms with Gasteiger partial charge in [0, 0.05) is 19.6 Å². The fourth-order valence-corrected chi connectivity index (χ4v) is 2.49. The van der Waals surface area contributed by atoms with Crippen molar-refractivity contribution in [3.05, 3.63) is 0 Å². The second-order valence-electron chi connectivity index (χ2n) is 5.16. The van der Waals surface area contributed by atoms with Gasteiger partial charge in [-0.1, -0.05) is 0 Å². The number of nitrogens with two attached hydrogens (primary N) is 1. The molecule has 0 aromatic rings. The van der Waals surface area contributed by atoms with E-state index in [0.717, 1.165) is 19.6 Å². The molecule has 1 heterocycles. The van der Waals surface area contributed by atoms with E-state index in [1.54, 1.807) is 0 Å². The fourth-order valence-electron chi connectivity index (χ4n) is 2.49. The lowest BCUT2D eigenvalue weighted by molar-refractivity contribution is -0.0722. The van der Waals surface area contributed by atoms with Crippen molar-refractivity contribution < 1.29 is 4.74 Å². The molecule has 2 N–H and O–H groups in total. The summed E-state index contributed by atoms with van der Waals surface area (Å²) in [7, 11) is 0. The first-order valence-electron chi connectivity index (χ1n) is 5.71. The standard InChI is InChI=1S/C11H22N2O/c1-9-5-13(6-10(2)14-9)8-11(7-12)3-4-11/h9-10H,3-8,12H2,1-2H3/t9-,10+. The summed E-state index contributed by atoms with van der Waals surface area (Å²) in [6.07, 6.45) is 3.41. The first-order valence-corrected chi connectivity index (χ1v) is 5.71. The average molecular weight is 198 g/mol. The van der Waals surface area contributed by atoms with Gasteiger partial charge < -0.3 is 10.5 Å². The molecule has 2 fully saturated rings. The van der Waals surface area contributed by atoms with Gasteiger partial charge in [-0.3, -0.25) is 4.90 Å². The van der Waals surface area contributed by atoms with Crippen molar-refractivity contribution in [2.24, 2.45) is 11.1 Å². The van der Waals surface area contributed by atoms with Gasteiger partial charge in [-0.15, -0.1) is 0 Å². The van der Waals surface area contributed by atoms with Gasteiger partial charge in [0.1, 0.15) is 0 Å². The zero-order chi connectivity index (χ0) is 10.2. The Morgan fingerprint density at radius 2 is 1.86 bits per heavy atom. The molecule has 1 saturated carbocycles. The molecular formula is C11H22N2O. The molecular weight excluding hydrogens is 176 g/mol. The second-order valence-corrected chi connectivity index (χ2v) is 5.16. The van der Waals surface area contributed by atoms with Crippen molar-refractivity contribution in [3.63, 3.8) is 0 Å². The summed E-state index contributed by atoms with van der Waals surface area (Å²) >= 11 is 0. The molecule has 14 heavy (non-hydrogen) atoms. The third kappa shape index (κ3) is 2.27. The molecule has 0 spiro atoms. The lowest BCUT2D eigenvalue weighted by Crippen LogP contribution is -2.48. The Bertz CT molecular complexity index is 193. The van der Waals surface area contributed by atoms with Crippen LogP contribution in [0.4, 0.5) is 0 Å². The zero-order valence-electron chi connectivity index (χ0n) is 9.33. The van der Waals surface area contributed by atoms with E-state index >= 15 is 0 Å². The predicted molar refractivity (Wildman–Crippen MR) is 57.2 cm³/mol. The molecule has 0 bridgehead atoms. The minimum absolute atomic E-state index is 0.382. The van der Waals surface area contributed by atoms with Crippen LogP contribution in [0.2, 0.25) is 0 Å². The fraction of sp³-hybridized carbons (Fsp3) is 1.00. The van der Waals surface area contributed by atoms with E-state index in [2.05, 4.69) is 18.7 Å². The summed E-state index contributed by atoms with van der Waals surface area (Å²) in [6, 6.07) is 0. The summed E-state index contributed by atoms with van der Waals surface area (Å²) in [5.41, 5.74) is 6.27. The van der Waals surface area contributed by atoms with Crippen LogP contribution in [0.1, 0.15) is 26.7 Å². The number of morpholine rings is 1. The number of nitrogens with zero attached hydrogens (tertiary/aromatic N) is 1. The normalized spacial score (nSPS) is 37.1. The summed E-state index contributed by atoms with van der Waals surface area (Å²) in [4.78, 5) is 2.53. The third-order valence-corrected chi connectivity index (χ3v) is 3.44. The summed E-state index contributed by atoms with van der Waals surface area (Å²) in [5, 5.41) is 0. The monoisotopic (exact) mass is 198 g/mol. The van der Waals surface area contributed by atoms with E-state index in [1.807, 2.05) is 0 Å². The van der Waals surface area contributed by atoms with E-state index in [1.165, 1.54) is 19.4 Å². The Morgan fingerprint density at radius 1 is 1.29 bits per heavy atom. The molecule has 82 valence electrons. The molecule has 2 aliphatic rings. The highest BCUT2D eigenvalue weighted by Gasteiger charge is 2.43. The van der Waals surface area contributed by atoms with Crippen molar-refractivity contribution in [1.29, 1.82) is 0 Å². The van der Waals surface area contributed by atoms with E-state index in [9.17, 15) is 0 Å². The summed E-state index contributed by atoms with van der Waals surface area (Å²) in [6.45, 7) is 8.50. The predicted octanol–water partition coefficient (Wildman–Crippen LogP) is 0.834. The van der Waals surface area contributed by atoms with Crippen LogP contribution in [0.5, 0.6) is 0 Å². The van der Waals surface area contributed by atoms with Gasteiger partial charge in [0.2, 0.25) is 0 Å². The molecule has 0 aromatic heterocycles. The molecule has 2 rings (SSSR count). The Labute approximate surface area is 86.6 Å². The first kappa shape index (κ1) is 10.4. The van der Waals surface area contributed by atoms with Gasteiger partial charge in [-0.2, -0.15) is 0 Å². The molecule has 3 nitrogen and oxygen atoms in total. The van der Waals surface area contributed by atoms with E-state index in [0.29, 0.717) is 17.6 Å². The van der Waals surface area contributed by atoms with Crippen LogP contribution in [0.15, 0.2) is 0 Å². The second kappa shape index (κ2) is 3.80. The van der Waals surface area contributed by atoms with Crippen LogP contribution >= 0.6 is 0 Å². The summed E-state index contributed by atoms with van der Waals surface area (Å²) < 4.78 is 5.71. The van der Waals surface area contributed by atoms with Crippen LogP contribution in [-0.4, -0.2) is 43.3 Å². The lowest BCUT2D eigenvalue weighted by atomic mass is 10.1. The molecule has 1 aliphatic carbocycles. The number of hydrogen-bond acceptors (Lipinski definition) is 3. The minimum Gasteiger partial charge on any atom is -0.373 e. The highest BCUT2D eigenvalue weighted by Crippen LogP contribution is 2.45. The first-order chi connectivity index (χ1) is 6.63. The third-order valence-electron chi connectivity index (χ3n) is 3.44. The smallest absolute Gasteiger partial charge is 0.0678 e. The zero-order valence-corrected chi connectivity index (χ0v) is 9.33. The number of rotatable bonds is 3. The maximum atomic E-state index is 5.80. The van der Waals surface area contributed by atoms with Crippen LogP contribution < -0.4 is 5.73 Å². The largest absolute Gasteiger partial charge is 0.373 e. The molecule has 0 unspecified atom stereocenters. The maximum Gasteiger partial charge on any atom is 0.0678 e. The van der Waals surface area contributed by atoms with Crippen molar-refractivity contribution >= 4 is 0 Å². The van der Waals surface area contributed by atoms with Crippen molar-refractivity contribution in [2.45, 2.75) is 38.9 Å². The van der Waals surface area contributed by atoms with Crippen molar-refractivity contribution in [2.75, 3.05) is 26.2 Å². The molecule has 2 atom stereocenters. The van der Waals surface area contributed by atoms with Gasteiger partial charge in [-0.25, -0.2) is 0 Å². The Balaban J connectivity index is 1.85. The Morgan fingerprint density at radius 3 is 2.29 bits per heavy atom. The quantitative estimate of drug-likeness (QED) is 0.730. The SMILES string of the molecule is C[C@@H]1CN(CC2(CN)CC2)C[C@H](C)O1. The van der Waals surface area contributed by atoms with Gasteiger partial charge in [0.05, 0.1) is 12.2 Å². The van der Waals surface area contributed by atoms with Crippen molar-refractivity contribution in [3.8, 4) is 0 Å². The molecule has 3 heteroatoms. The Kier molecular flexibility index (Phi) is 2.82. The molecule has 1 aliphatic heterocycles. The van der Waals surface area contributed by atoms with Gasteiger partial charge in [0.25, 0.3) is 0 Å². The van der Waals surface area contributed by atoms with Crippen molar-refractivity contribution in [1.82, 2.24) is 4.90 Å². The number of ether oxygens (including phenoxy) is 1. The van der Waals surface area contributed by atoms with Gasteiger partial charge in [0.15, 0.2) is 0 Å². The number of hydrogen-bond donors (Lipinski definition) is 1. The molecule has 0 aromatic carbocycles. The van der Waals surface area contributed by atoms with Crippen LogP contribution in [-0.2, 0) is 4.74 Å². The van der Waals surface area contributed by atoms with E-state index in [-0.39, 0.29) is 0 Å². The summed E-state index contributed by atoms with van der Waals surface area (Å²) in [5.74, 6) is 0. The van der Waals surface area contributed by atoms with Crippen LogP contribution in [0, 0.1) is 5.41 Å². The van der Waals surface area contributed by atoms with E-state index < -0.39 is 0 Å². The highest BCUT2D eigenvalue weighted by molar-refractivity contribution is 4.97. The van der Waals surface area contributed by atoms with Crippen LogP contribution in [0.25, 0.3) is 0 Å². The molecule has 1 saturated heterocycles. The Hall–Kier alpha value is -0.120. The van der Waals surface area contributed by atoms with Gasteiger partial charge in [-0.05, 0) is 38.6 Å². The maximum absolute atomic E-state index is 5.80. The molecule has 0 radical (unpaired) electrons. The average Bonchev–Trinajstić information content (AvgIpc) is 2.83. The van der Waals surface area contributed by atoms with E-state index in [4.69, 9.17) is 10.5 Å². The highest BCUT2D eigenvalue weighted by atomic mass is 16.5. The minimum atomic E-state index is 0.382. The lowest BCUT2D eigenvalue weighted by Gasteiger charge is -2.37. The molecule has 0 amide bonds. The van der Waals surface area contributed by atoms with Crippen LogP contribution in [0.3, 0.4) is 0 Å². The topological polar surface area (TPSA) is 38.5 Å².